The summed E-state index contributed by atoms with van der Waals surface area (Å²) >= 11 is 0. The number of rotatable bonds is 3. The van der Waals surface area contributed by atoms with Crippen LogP contribution in [0.15, 0.2) is 30.3 Å². The largest absolute Gasteiger partial charge is 0.341 e. The minimum absolute atomic E-state index is 0.00976. The van der Waals surface area contributed by atoms with Gasteiger partial charge in [0.15, 0.2) is 0 Å². The SMILES string of the molecule is C#CCC(N)C(=O)N1CCC(c2ccccc2)CC1. The maximum atomic E-state index is 12.0. The Morgan fingerprint density at radius 1 is 1.37 bits per heavy atom. The number of benzene rings is 1. The van der Waals surface area contributed by atoms with Gasteiger partial charge >= 0.3 is 0 Å². The van der Waals surface area contributed by atoms with Crippen LogP contribution in [0.3, 0.4) is 0 Å². The summed E-state index contributed by atoms with van der Waals surface area (Å²) in [4.78, 5) is 13.9. The number of piperidine rings is 1. The van der Waals surface area contributed by atoms with Gasteiger partial charge in [-0.2, -0.15) is 0 Å². The first-order valence-corrected chi connectivity index (χ1v) is 6.75. The normalized spacial score (nSPS) is 17.8. The number of carbonyl (C=O) groups excluding carboxylic acids is 1. The van der Waals surface area contributed by atoms with E-state index in [-0.39, 0.29) is 5.91 Å². The van der Waals surface area contributed by atoms with Crippen LogP contribution in [-0.4, -0.2) is 29.9 Å². The Hall–Kier alpha value is -1.79. The van der Waals surface area contributed by atoms with Crippen LogP contribution in [0.5, 0.6) is 0 Å². The Bertz CT molecular complexity index is 455. The lowest BCUT2D eigenvalue weighted by atomic mass is 9.89. The van der Waals surface area contributed by atoms with E-state index in [1.165, 1.54) is 5.56 Å². The molecule has 1 aromatic rings. The summed E-state index contributed by atoms with van der Waals surface area (Å²) in [6.45, 7) is 1.55. The highest BCUT2D eigenvalue weighted by molar-refractivity contribution is 5.82. The number of nitrogens with two attached hydrogens (primary N) is 1. The number of hydrogen-bond acceptors (Lipinski definition) is 2. The lowest BCUT2D eigenvalue weighted by molar-refractivity contribution is -0.133. The molecule has 3 heteroatoms. The summed E-state index contributed by atoms with van der Waals surface area (Å²) < 4.78 is 0. The smallest absolute Gasteiger partial charge is 0.240 e. The molecule has 1 aromatic carbocycles. The van der Waals surface area contributed by atoms with Crippen molar-refractivity contribution in [2.24, 2.45) is 5.73 Å². The maximum Gasteiger partial charge on any atom is 0.240 e. The van der Waals surface area contributed by atoms with E-state index in [0.29, 0.717) is 12.3 Å². The molecule has 2 N–H and O–H groups in total. The van der Waals surface area contributed by atoms with E-state index in [2.05, 4.69) is 30.2 Å². The third kappa shape index (κ3) is 3.36. The van der Waals surface area contributed by atoms with Gasteiger partial charge in [0, 0.05) is 19.5 Å². The molecule has 1 aliphatic heterocycles. The van der Waals surface area contributed by atoms with Gasteiger partial charge in [0.1, 0.15) is 0 Å². The first kappa shape index (κ1) is 13.6. The van der Waals surface area contributed by atoms with Crippen LogP contribution in [0.1, 0.15) is 30.7 Å². The predicted molar refractivity (Wildman–Crippen MR) is 76.4 cm³/mol. The summed E-state index contributed by atoms with van der Waals surface area (Å²) in [5.41, 5.74) is 7.13. The molecule has 0 spiro atoms. The molecule has 0 saturated carbocycles. The first-order valence-electron chi connectivity index (χ1n) is 6.75. The van der Waals surface area contributed by atoms with Gasteiger partial charge in [0.25, 0.3) is 0 Å². The summed E-state index contributed by atoms with van der Waals surface area (Å²) in [5, 5.41) is 0. The Labute approximate surface area is 114 Å². The molecule has 1 heterocycles. The molecule has 1 fully saturated rings. The lowest BCUT2D eigenvalue weighted by Gasteiger charge is -2.33. The van der Waals surface area contributed by atoms with Gasteiger partial charge in [0.05, 0.1) is 6.04 Å². The van der Waals surface area contributed by atoms with E-state index in [4.69, 9.17) is 12.2 Å². The predicted octanol–water partition coefficient (Wildman–Crippen LogP) is 1.74. The monoisotopic (exact) mass is 256 g/mol. The number of nitrogens with zero attached hydrogens (tertiary/aromatic N) is 1. The zero-order valence-corrected chi connectivity index (χ0v) is 11.1. The van der Waals surface area contributed by atoms with E-state index >= 15 is 0 Å². The minimum atomic E-state index is -0.543. The van der Waals surface area contributed by atoms with Gasteiger partial charge in [0.2, 0.25) is 5.91 Å². The third-order valence-corrected chi connectivity index (χ3v) is 3.73. The van der Waals surface area contributed by atoms with Crippen molar-refractivity contribution in [2.45, 2.75) is 31.2 Å². The van der Waals surface area contributed by atoms with E-state index < -0.39 is 6.04 Å². The van der Waals surface area contributed by atoms with Crippen molar-refractivity contribution in [3.8, 4) is 12.3 Å². The third-order valence-electron chi connectivity index (χ3n) is 3.73. The van der Waals surface area contributed by atoms with Crippen molar-refractivity contribution in [1.29, 1.82) is 0 Å². The summed E-state index contributed by atoms with van der Waals surface area (Å²) in [6, 6.07) is 9.93. The van der Waals surface area contributed by atoms with Gasteiger partial charge in [-0.15, -0.1) is 12.3 Å². The molecular weight excluding hydrogens is 236 g/mol. The van der Waals surface area contributed by atoms with Crippen molar-refractivity contribution in [2.75, 3.05) is 13.1 Å². The number of amides is 1. The molecule has 1 saturated heterocycles. The van der Waals surface area contributed by atoms with Crippen molar-refractivity contribution >= 4 is 5.91 Å². The molecule has 0 radical (unpaired) electrons. The highest BCUT2D eigenvalue weighted by Crippen LogP contribution is 2.27. The van der Waals surface area contributed by atoms with Crippen LogP contribution in [0, 0.1) is 12.3 Å². The maximum absolute atomic E-state index is 12.0. The highest BCUT2D eigenvalue weighted by atomic mass is 16.2. The second kappa shape index (κ2) is 6.40. The number of hydrogen-bond donors (Lipinski definition) is 1. The Kier molecular flexibility index (Phi) is 4.59. The number of likely N-dealkylation sites (tertiary alicyclic amines) is 1. The molecule has 0 aromatic heterocycles. The molecule has 3 nitrogen and oxygen atoms in total. The summed E-state index contributed by atoms with van der Waals surface area (Å²) in [7, 11) is 0. The fourth-order valence-electron chi connectivity index (χ4n) is 2.61. The number of carbonyl (C=O) groups is 1. The van der Waals surface area contributed by atoms with Gasteiger partial charge in [-0.3, -0.25) is 4.79 Å². The standard InChI is InChI=1S/C16H20N2O/c1-2-6-15(17)16(19)18-11-9-14(10-12-18)13-7-4-3-5-8-13/h1,3-5,7-8,14-15H,6,9-12,17H2. The number of terminal acetylenes is 1. The summed E-state index contributed by atoms with van der Waals surface area (Å²) in [6.07, 6.45) is 7.51. The molecule has 1 atom stereocenters. The van der Waals surface area contributed by atoms with Gasteiger partial charge in [-0.25, -0.2) is 0 Å². The zero-order chi connectivity index (χ0) is 13.7. The van der Waals surface area contributed by atoms with Crippen LogP contribution in [-0.2, 0) is 4.79 Å². The fourth-order valence-corrected chi connectivity index (χ4v) is 2.61. The quantitative estimate of drug-likeness (QED) is 0.837. The van der Waals surface area contributed by atoms with E-state index in [1.807, 2.05) is 11.0 Å². The van der Waals surface area contributed by atoms with Crippen molar-refractivity contribution < 1.29 is 4.79 Å². The highest BCUT2D eigenvalue weighted by Gasteiger charge is 2.26. The van der Waals surface area contributed by atoms with Gasteiger partial charge < -0.3 is 10.6 Å². The Morgan fingerprint density at radius 3 is 2.58 bits per heavy atom. The van der Waals surface area contributed by atoms with Crippen LogP contribution < -0.4 is 5.73 Å². The molecule has 100 valence electrons. The van der Waals surface area contributed by atoms with Gasteiger partial charge in [-0.05, 0) is 24.3 Å². The molecule has 1 aliphatic rings. The topological polar surface area (TPSA) is 46.3 Å². The van der Waals surface area contributed by atoms with Crippen LogP contribution in [0.25, 0.3) is 0 Å². The van der Waals surface area contributed by atoms with Crippen LogP contribution in [0.2, 0.25) is 0 Å². The van der Waals surface area contributed by atoms with E-state index in [0.717, 1.165) is 25.9 Å². The fraction of sp³-hybridized carbons (Fsp3) is 0.438. The second-order valence-corrected chi connectivity index (χ2v) is 5.02. The summed E-state index contributed by atoms with van der Waals surface area (Å²) in [5.74, 6) is 2.99. The van der Waals surface area contributed by atoms with Crippen molar-refractivity contribution in [3.05, 3.63) is 35.9 Å². The molecule has 19 heavy (non-hydrogen) atoms. The van der Waals surface area contributed by atoms with Crippen LogP contribution in [0.4, 0.5) is 0 Å². The Balaban J connectivity index is 1.89. The van der Waals surface area contributed by atoms with E-state index in [9.17, 15) is 4.79 Å². The molecule has 0 aliphatic carbocycles. The first-order chi connectivity index (χ1) is 9.22. The van der Waals surface area contributed by atoms with Gasteiger partial charge in [-0.1, -0.05) is 30.3 Å². The molecule has 0 bridgehead atoms. The molecule has 1 amide bonds. The van der Waals surface area contributed by atoms with Crippen LogP contribution >= 0.6 is 0 Å². The Morgan fingerprint density at radius 2 is 2.00 bits per heavy atom. The molecule has 2 rings (SSSR count). The minimum Gasteiger partial charge on any atom is -0.341 e. The van der Waals surface area contributed by atoms with Crippen molar-refractivity contribution in [1.82, 2.24) is 4.90 Å². The average Bonchev–Trinajstić information content (AvgIpc) is 2.48. The van der Waals surface area contributed by atoms with E-state index in [1.54, 1.807) is 0 Å². The second-order valence-electron chi connectivity index (χ2n) is 5.02. The van der Waals surface area contributed by atoms with Crippen molar-refractivity contribution in [3.63, 3.8) is 0 Å². The molecule has 1 unspecified atom stereocenters. The lowest BCUT2D eigenvalue weighted by Crippen LogP contribution is -2.46. The molecular formula is C16H20N2O. The average molecular weight is 256 g/mol. The zero-order valence-electron chi connectivity index (χ0n) is 11.1.